The van der Waals surface area contributed by atoms with Gasteiger partial charge in [0.2, 0.25) is 0 Å². The lowest BCUT2D eigenvalue weighted by Crippen LogP contribution is -2.47. The molecule has 0 amide bonds. The fourth-order valence-electron chi connectivity index (χ4n) is 4.08. The number of nitrogens with zero attached hydrogens (tertiary/aromatic N) is 5. The summed E-state index contributed by atoms with van der Waals surface area (Å²) in [5.41, 5.74) is 3.04. The highest BCUT2D eigenvalue weighted by molar-refractivity contribution is 5.91. The van der Waals surface area contributed by atoms with E-state index in [4.69, 9.17) is 14.7 Å². The lowest BCUT2D eigenvalue weighted by molar-refractivity contribution is 0.340. The zero-order chi connectivity index (χ0) is 21.0. The lowest BCUT2D eigenvalue weighted by Gasteiger charge is -2.37. The van der Waals surface area contributed by atoms with Crippen molar-refractivity contribution in [3.63, 3.8) is 0 Å². The summed E-state index contributed by atoms with van der Waals surface area (Å²) < 4.78 is 5.84. The number of fused-ring (bicyclic) bond motifs is 1. The number of pyridine rings is 1. The smallest absolute Gasteiger partial charge is 0.163 e. The van der Waals surface area contributed by atoms with Crippen molar-refractivity contribution in [1.82, 2.24) is 15.0 Å². The predicted octanol–water partition coefficient (Wildman–Crippen LogP) is 4.42. The standard InChI is InChI=1S/C25H25N5O/c1-2-31-23-12-6-5-11-22(23)29-14-16-30(17-15-29)25-20-9-3-4-10-21(20)27-24(28-25)19-8-7-13-26-18-19/h3-13,18H,2,14-17H2,1H3. The summed E-state index contributed by atoms with van der Waals surface area (Å²) in [7, 11) is 0. The van der Waals surface area contributed by atoms with Crippen molar-refractivity contribution in [2.24, 2.45) is 0 Å². The van der Waals surface area contributed by atoms with E-state index in [9.17, 15) is 0 Å². The van der Waals surface area contributed by atoms with Crippen LogP contribution in [-0.2, 0) is 0 Å². The SMILES string of the molecule is CCOc1ccccc1N1CCN(c2nc(-c3cccnc3)nc3ccccc23)CC1. The normalized spacial score (nSPS) is 14.1. The molecular weight excluding hydrogens is 386 g/mol. The van der Waals surface area contributed by atoms with E-state index in [2.05, 4.69) is 39.0 Å². The Morgan fingerprint density at radius 1 is 0.839 bits per heavy atom. The third kappa shape index (κ3) is 3.89. The van der Waals surface area contributed by atoms with Crippen molar-refractivity contribution in [3.05, 3.63) is 73.1 Å². The number of aromatic nitrogens is 3. The van der Waals surface area contributed by atoms with Crippen LogP contribution in [0.15, 0.2) is 73.1 Å². The first kappa shape index (κ1) is 19.3. The summed E-state index contributed by atoms with van der Waals surface area (Å²) in [6.07, 6.45) is 3.58. The van der Waals surface area contributed by atoms with Crippen molar-refractivity contribution in [2.45, 2.75) is 6.92 Å². The summed E-state index contributed by atoms with van der Waals surface area (Å²) in [6.45, 7) is 6.27. The van der Waals surface area contributed by atoms with Crippen LogP contribution in [0.1, 0.15) is 6.92 Å². The van der Waals surface area contributed by atoms with Crippen LogP contribution in [0.25, 0.3) is 22.3 Å². The number of rotatable bonds is 5. The van der Waals surface area contributed by atoms with Crippen LogP contribution in [0.5, 0.6) is 5.75 Å². The molecule has 156 valence electrons. The minimum Gasteiger partial charge on any atom is -0.492 e. The van der Waals surface area contributed by atoms with Crippen molar-refractivity contribution in [2.75, 3.05) is 42.6 Å². The molecule has 1 aliphatic rings. The maximum Gasteiger partial charge on any atom is 0.163 e. The van der Waals surface area contributed by atoms with E-state index < -0.39 is 0 Å². The lowest BCUT2D eigenvalue weighted by atomic mass is 10.1. The van der Waals surface area contributed by atoms with Crippen molar-refractivity contribution < 1.29 is 4.74 Å². The Bertz CT molecular complexity index is 1170. The van der Waals surface area contributed by atoms with Crippen LogP contribution >= 0.6 is 0 Å². The molecule has 2 aromatic heterocycles. The molecule has 0 spiro atoms. The zero-order valence-corrected chi connectivity index (χ0v) is 17.6. The number of hydrogen-bond acceptors (Lipinski definition) is 6. The summed E-state index contributed by atoms with van der Waals surface area (Å²) in [6, 6.07) is 20.4. The number of para-hydroxylation sites is 3. The van der Waals surface area contributed by atoms with E-state index in [1.165, 1.54) is 0 Å². The third-order valence-corrected chi connectivity index (χ3v) is 5.59. The molecule has 3 heterocycles. The van der Waals surface area contributed by atoms with Gasteiger partial charge >= 0.3 is 0 Å². The molecule has 0 atom stereocenters. The maximum absolute atomic E-state index is 5.84. The van der Waals surface area contributed by atoms with Gasteiger partial charge in [0.1, 0.15) is 11.6 Å². The first-order chi connectivity index (χ1) is 15.3. The zero-order valence-electron chi connectivity index (χ0n) is 17.6. The third-order valence-electron chi connectivity index (χ3n) is 5.59. The maximum atomic E-state index is 5.84. The predicted molar refractivity (Wildman–Crippen MR) is 125 cm³/mol. The Labute approximate surface area is 182 Å². The summed E-state index contributed by atoms with van der Waals surface area (Å²) in [5.74, 6) is 2.65. The minimum atomic E-state index is 0.668. The molecule has 1 fully saturated rings. The topological polar surface area (TPSA) is 54.4 Å². The summed E-state index contributed by atoms with van der Waals surface area (Å²) in [5, 5.41) is 1.08. The van der Waals surface area contributed by atoms with Gasteiger partial charge in [-0.25, -0.2) is 9.97 Å². The molecule has 1 aliphatic heterocycles. The van der Waals surface area contributed by atoms with Gasteiger partial charge in [0.15, 0.2) is 5.82 Å². The largest absolute Gasteiger partial charge is 0.492 e. The van der Waals surface area contributed by atoms with Crippen LogP contribution in [0.3, 0.4) is 0 Å². The molecule has 0 aliphatic carbocycles. The number of benzene rings is 2. The molecule has 6 nitrogen and oxygen atoms in total. The number of hydrogen-bond donors (Lipinski definition) is 0. The van der Waals surface area contributed by atoms with Gasteiger partial charge in [0.05, 0.1) is 17.8 Å². The van der Waals surface area contributed by atoms with Gasteiger partial charge < -0.3 is 14.5 Å². The minimum absolute atomic E-state index is 0.668. The Kier molecular flexibility index (Phi) is 5.35. The van der Waals surface area contributed by atoms with Crippen molar-refractivity contribution in [1.29, 1.82) is 0 Å². The second kappa shape index (κ2) is 8.60. The molecule has 1 saturated heterocycles. The average molecular weight is 412 g/mol. The van der Waals surface area contributed by atoms with E-state index in [0.717, 1.165) is 59.9 Å². The summed E-state index contributed by atoms with van der Waals surface area (Å²) >= 11 is 0. The molecule has 0 radical (unpaired) electrons. The summed E-state index contributed by atoms with van der Waals surface area (Å²) in [4.78, 5) is 18.8. The monoisotopic (exact) mass is 411 g/mol. The molecule has 0 N–H and O–H groups in total. The molecular formula is C25H25N5O. The van der Waals surface area contributed by atoms with Crippen LogP contribution < -0.4 is 14.5 Å². The average Bonchev–Trinajstić information content (AvgIpc) is 2.85. The quantitative estimate of drug-likeness (QED) is 0.485. The molecule has 0 unspecified atom stereocenters. The first-order valence-electron chi connectivity index (χ1n) is 10.7. The van der Waals surface area contributed by atoms with Crippen LogP contribution in [0, 0.1) is 0 Å². The fraction of sp³-hybridized carbons (Fsp3) is 0.240. The molecule has 2 aromatic carbocycles. The van der Waals surface area contributed by atoms with Gasteiger partial charge in [-0.1, -0.05) is 24.3 Å². The van der Waals surface area contributed by atoms with Crippen molar-refractivity contribution in [3.8, 4) is 17.1 Å². The Morgan fingerprint density at radius 2 is 1.61 bits per heavy atom. The second-order valence-electron chi connectivity index (χ2n) is 7.50. The van der Waals surface area contributed by atoms with E-state index in [0.29, 0.717) is 12.4 Å². The number of ether oxygens (including phenoxy) is 1. The molecule has 31 heavy (non-hydrogen) atoms. The Balaban J connectivity index is 1.45. The molecule has 4 aromatic rings. The van der Waals surface area contributed by atoms with E-state index in [1.807, 2.05) is 49.5 Å². The van der Waals surface area contributed by atoms with Crippen LogP contribution in [-0.4, -0.2) is 47.7 Å². The van der Waals surface area contributed by atoms with E-state index in [-0.39, 0.29) is 0 Å². The molecule has 0 bridgehead atoms. The van der Waals surface area contributed by atoms with Gasteiger partial charge in [-0.05, 0) is 43.3 Å². The highest BCUT2D eigenvalue weighted by Crippen LogP contribution is 2.31. The van der Waals surface area contributed by atoms with Gasteiger partial charge in [0, 0.05) is 49.5 Å². The highest BCUT2D eigenvalue weighted by atomic mass is 16.5. The second-order valence-corrected chi connectivity index (χ2v) is 7.50. The van der Waals surface area contributed by atoms with Crippen molar-refractivity contribution >= 4 is 22.4 Å². The highest BCUT2D eigenvalue weighted by Gasteiger charge is 2.23. The van der Waals surface area contributed by atoms with Crippen LogP contribution in [0.2, 0.25) is 0 Å². The number of piperazine rings is 1. The van der Waals surface area contributed by atoms with E-state index in [1.54, 1.807) is 6.20 Å². The number of anilines is 2. The molecule has 0 saturated carbocycles. The van der Waals surface area contributed by atoms with E-state index >= 15 is 0 Å². The molecule has 6 heteroatoms. The Hall–Kier alpha value is -3.67. The fourth-order valence-corrected chi connectivity index (χ4v) is 4.08. The van der Waals surface area contributed by atoms with Gasteiger partial charge in [-0.2, -0.15) is 0 Å². The van der Waals surface area contributed by atoms with Gasteiger partial charge in [0.25, 0.3) is 0 Å². The first-order valence-corrected chi connectivity index (χ1v) is 10.7. The van der Waals surface area contributed by atoms with Gasteiger partial charge in [-0.3, -0.25) is 4.98 Å². The van der Waals surface area contributed by atoms with Gasteiger partial charge in [-0.15, -0.1) is 0 Å². The molecule has 5 rings (SSSR count). The van der Waals surface area contributed by atoms with Crippen LogP contribution in [0.4, 0.5) is 11.5 Å². The Morgan fingerprint density at radius 3 is 2.42 bits per heavy atom.